The van der Waals surface area contributed by atoms with E-state index >= 15 is 0 Å². The maximum atomic E-state index is 5.98. The van der Waals surface area contributed by atoms with Crippen molar-refractivity contribution in [3.05, 3.63) is 29.8 Å². The molecule has 18 heavy (non-hydrogen) atoms. The minimum absolute atomic E-state index is 0.374. The Balaban J connectivity index is 1.71. The van der Waals surface area contributed by atoms with Crippen LogP contribution in [0, 0.1) is 0 Å². The van der Waals surface area contributed by atoms with Gasteiger partial charge in [-0.05, 0) is 30.9 Å². The van der Waals surface area contributed by atoms with Crippen molar-refractivity contribution in [2.24, 2.45) is 0 Å². The second kappa shape index (κ2) is 7.42. The van der Waals surface area contributed by atoms with Crippen LogP contribution in [0.1, 0.15) is 44.6 Å². The second-order valence-electron chi connectivity index (χ2n) is 5.13. The summed E-state index contributed by atoms with van der Waals surface area (Å²) in [6, 6.07) is 8.59. The van der Waals surface area contributed by atoms with E-state index < -0.39 is 0 Å². The third kappa shape index (κ3) is 4.02. The van der Waals surface area contributed by atoms with Crippen molar-refractivity contribution in [3.8, 4) is 0 Å². The highest BCUT2D eigenvalue weighted by molar-refractivity contribution is 5.51. The molecule has 0 radical (unpaired) electrons. The number of para-hydroxylation sites is 1. The van der Waals surface area contributed by atoms with Crippen LogP contribution in [-0.2, 0) is 11.2 Å². The van der Waals surface area contributed by atoms with E-state index in [1.165, 1.54) is 36.9 Å². The number of nitrogens with one attached hydrogen (secondary N) is 1. The average molecular weight is 247 g/mol. The highest BCUT2D eigenvalue weighted by Gasteiger charge is 2.15. The molecule has 1 heterocycles. The van der Waals surface area contributed by atoms with Gasteiger partial charge in [-0.2, -0.15) is 0 Å². The molecule has 2 heteroatoms. The van der Waals surface area contributed by atoms with Gasteiger partial charge in [0.15, 0.2) is 0 Å². The van der Waals surface area contributed by atoms with Crippen molar-refractivity contribution in [3.63, 3.8) is 0 Å². The van der Waals surface area contributed by atoms with Crippen LogP contribution in [0.25, 0.3) is 0 Å². The lowest BCUT2D eigenvalue weighted by Gasteiger charge is -2.15. The van der Waals surface area contributed by atoms with Gasteiger partial charge in [-0.1, -0.05) is 44.4 Å². The summed E-state index contributed by atoms with van der Waals surface area (Å²) in [5, 5.41) is 3.50. The summed E-state index contributed by atoms with van der Waals surface area (Å²) in [6.45, 7) is 4.11. The van der Waals surface area contributed by atoms with Crippen molar-refractivity contribution >= 4 is 5.69 Å². The lowest BCUT2D eigenvalue weighted by Crippen LogP contribution is -2.22. The first-order valence-electron chi connectivity index (χ1n) is 7.33. The normalized spacial score (nSPS) is 18.8. The topological polar surface area (TPSA) is 21.3 Å². The van der Waals surface area contributed by atoms with Crippen LogP contribution in [0.2, 0.25) is 0 Å². The van der Waals surface area contributed by atoms with Crippen molar-refractivity contribution in [2.75, 3.05) is 18.5 Å². The molecule has 1 N–H and O–H groups in total. The van der Waals surface area contributed by atoms with Crippen molar-refractivity contribution < 1.29 is 4.74 Å². The number of benzene rings is 1. The van der Waals surface area contributed by atoms with Crippen LogP contribution in [0.5, 0.6) is 0 Å². The van der Waals surface area contributed by atoms with Crippen LogP contribution < -0.4 is 5.32 Å². The zero-order chi connectivity index (χ0) is 12.6. The molecular formula is C16H25NO. The van der Waals surface area contributed by atoms with E-state index in [0.717, 1.165) is 26.0 Å². The van der Waals surface area contributed by atoms with Crippen LogP contribution in [0.3, 0.4) is 0 Å². The average Bonchev–Trinajstić information content (AvgIpc) is 2.61. The standard InChI is InChI=1S/C16H25NO/c1-2-3-4-7-12-18-15-11-10-14-8-5-6-9-16(14)17-13-15/h5-6,8-9,15,17H,2-4,7,10-13H2,1H3. The number of rotatable bonds is 6. The predicted octanol–water partition coefficient (Wildman–Crippen LogP) is 4.01. The Morgan fingerprint density at radius 2 is 2.11 bits per heavy atom. The Kier molecular flexibility index (Phi) is 5.53. The number of hydrogen-bond donors (Lipinski definition) is 1. The molecule has 2 rings (SSSR count). The first kappa shape index (κ1) is 13.4. The molecule has 0 aromatic heterocycles. The molecule has 1 aromatic rings. The minimum Gasteiger partial charge on any atom is -0.382 e. The van der Waals surface area contributed by atoms with E-state index in [0.29, 0.717) is 6.10 Å². The summed E-state index contributed by atoms with van der Waals surface area (Å²) in [7, 11) is 0. The Labute approximate surface area is 111 Å². The van der Waals surface area contributed by atoms with Gasteiger partial charge >= 0.3 is 0 Å². The van der Waals surface area contributed by atoms with Gasteiger partial charge in [-0.25, -0.2) is 0 Å². The molecule has 2 nitrogen and oxygen atoms in total. The molecule has 1 unspecified atom stereocenters. The molecule has 1 aliphatic heterocycles. The minimum atomic E-state index is 0.374. The fraction of sp³-hybridized carbons (Fsp3) is 0.625. The predicted molar refractivity (Wildman–Crippen MR) is 77.1 cm³/mol. The van der Waals surface area contributed by atoms with E-state index in [-0.39, 0.29) is 0 Å². The Hall–Kier alpha value is -1.02. The van der Waals surface area contributed by atoms with E-state index in [1.807, 2.05) is 0 Å². The monoisotopic (exact) mass is 247 g/mol. The SMILES string of the molecule is CCCCCCOC1CCc2ccccc2NC1. The first-order chi connectivity index (χ1) is 8.90. The largest absolute Gasteiger partial charge is 0.382 e. The van der Waals surface area contributed by atoms with Crippen LogP contribution in [-0.4, -0.2) is 19.3 Å². The zero-order valence-corrected chi connectivity index (χ0v) is 11.5. The van der Waals surface area contributed by atoms with Gasteiger partial charge in [0.25, 0.3) is 0 Å². The quantitative estimate of drug-likeness (QED) is 0.767. The Bertz CT molecular complexity index is 324. The lowest BCUT2D eigenvalue weighted by atomic mass is 10.1. The molecule has 0 fully saturated rings. The first-order valence-corrected chi connectivity index (χ1v) is 7.33. The summed E-state index contributed by atoms with van der Waals surface area (Å²) in [4.78, 5) is 0. The maximum Gasteiger partial charge on any atom is 0.0750 e. The van der Waals surface area contributed by atoms with Gasteiger partial charge in [-0.3, -0.25) is 0 Å². The summed E-state index contributed by atoms with van der Waals surface area (Å²) in [5.74, 6) is 0. The summed E-state index contributed by atoms with van der Waals surface area (Å²) in [5.41, 5.74) is 2.71. The molecule has 0 spiro atoms. The highest BCUT2D eigenvalue weighted by Crippen LogP contribution is 2.22. The van der Waals surface area contributed by atoms with E-state index in [9.17, 15) is 0 Å². The van der Waals surface area contributed by atoms with Gasteiger partial charge in [0, 0.05) is 18.8 Å². The molecule has 0 bridgehead atoms. The molecule has 0 saturated carbocycles. The summed E-state index contributed by atoms with van der Waals surface area (Å²) in [6.07, 6.45) is 7.77. The van der Waals surface area contributed by atoms with E-state index in [2.05, 4.69) is 36.5 Å². The van der Waals surface area contributed by atoms with Gasteiger partial charge in [0.2, 0.25) is 0 Å². The zero-order valence-electron chi connectivity index (χ0n) is 11.5. The third-order valence-corrected chi connectivity index (χ3v) is 3.62. The van der Waals surface area contributed by atoms with Crippen molar-refractivity contribution in [2.45, 2.75) is 51.6 Å². The fourth-order valence-corrected chi connectivity index (χ4v) is 2.47. The Morgan fingerprint density at radius 3 is 3.00 bits per heavy atom. The fourth-order valence-electron chi connectivity index (χ4n) is 2.47. The van der Waals surface area contributed by atoms with E-state index in [1.54, 1.807) is 0 Å². The number of anilines is 1. The van der Waals surface area contributed by atoms with E-state index in [4.69, 9.17) is 4.74 Å². The molecule has 1 aliphatic rings. The van der Waals surface area contributed by atoms with Gasteiger partial charge in [0.1, 0.15) is 0 Å². The molecule has 0 aliphatic carbocycles. The van der Waals surface area contributed by atoms with Crippen LogP contribution in [0.15, 0.2) is 24.3 Å². The van der Waals surface area contributed by atoms with Crippen LogP contribution >= 0.6 is 0 Å². The molecule has 0 saturated heterocycles. The molecule has 0 amide bonds. The third-order valence-electron chi connectivity index (χ3n) is 3.62. The summed E-state index contributed by atoms with van der Waals surface area (Å²) >= 11 is 0. The Morgan fingerprint density at radius 1 is 1.22 bits per heavy atom. The lowest BCUT2D eigenvalue weighted by molar-refractivity contribution is 0.0547. The van der Waals surface area contributed by atoms with Crippen molar-refractivity contribution in [1.29, 1.82) is 0 Å². The molecule has 100 valence electrons. The van der Waals surface area contributed by atoms with Crippen LogP contribution in [0.4, 0.5) is 5.69 Å². The van der Waals surface area contributed by atoms with Gasteiger partial charge in [-0.15, -0.1) is 0 Å². The number of fused-ring (bicyclic) bond motifs is 1. The van der Waals surface area contributed by atoms with Crippen molar-refractivity contribution in [1.82, 2.24) is 0 Å². The second-order valence-corrected chi connectivity index (χ2v) is 5.13. The summed E-state index contributed by atoms with van der Waals surface area (Å²) < 4.78 is 5.98. The van der Waals surface area contributed by atoms with Gasteiger partial charge in [0.05, 0.1) is 6.10 Å². The molecule has 1 aromatic carbocycles. The number of ether oxygens (including phenoxy) is 1. The smallest absolute Gasteiger partial charge is 0.0750 e. The number of hydrogen-bond acceptors (Lipinski definition) is 2. The number of unbranched alkanes of at least 4 members (excludes halogenated alkanes) is 3. The highest BCUT2D eigenvalue weighted by atomic mass is 16.5. The molecular weight excluding hydrogens is 222 g/mol. The maximum absolute atomic E-state index is 5.98. The molecule has 1 atom stereocenters. The number of aryl methyl sites for hydroxylation is 1. The van der Waals surface area contributed by atoms with Gasteiger partial charge < -0.3 is 10.1 Å².